The topological polar surface area (TPSA) is 110 Å². The molecule has 0 atom stereocenters. The van der Waals surface area contributed by atoms with Gasteiger partial charge in [-0.2, -0.15) is 5.10 Å². The maximum atomic E-state index is 11.8. The van der Waals surface area contributed by atoms with Crippen LogP contribution in [0.15, 0.2) is 24.7 Å². The number of carbonyl (C=O) groups excluding carboxylic acids is 1. The van der Waals surface area contributed by atoms with Crippen LogP contribution in [-0.2, 0) is 22.6 Å². The Balaban J connectivity index is 1.84. The number of aliphatic carboxylic acids is 1. The quantitative estimate of drug-likeness (QED) is 0.807. The number of aryl methyl sites for hydroxylation is 2. The number of carbonyl (C=O) groups is 2. The third-order valence-corrected chi connectivity index (χ3v) is 2.66. The Morgan fingerprint density at radius 1 is 1.43 bits per heavy atom. The number of anilines is 1. The lowest BCUT2D eigenvalue weighted by Gasteiger charge is -2.02. The summed E-state index contributed by atoms with van der Waals surface area (Å²) in [5.41, 5.74) is 1.28. The smallest absolute Gasteiger partial charge is 0.325 e. The summed E-state index contributed by atoms with van der Waals surface area (Å²) in [5, 5.41) is 15.1. The van der Waals surface area contributed by atoms with Crippen LogP contribution in [0.4, 0.5) is 5.69 Å². The molecule has 0 saturated carbocycles. The molecule has 8 nitrogen and oxygen atoms in total. The first kappa shape index (κ1) is 14.6. The minimum atomic E-state index is -0.991. The highest BCUT2D eigenvalue weighted by Crippen LogP contribution is 2.07. The fourth-order valence-corrected chi connectivity index (χ4v) is 1.76. The van der Waals surface area contributed by atoms with Crippen LogP contribution in [0.5, 0.6) is 0 Å². The molecule has 0 aliphatic heterocycles. The Kier molecular flexibility index (Phi) is 4.60. The standard InChI is InChI=1S/C13H15N5O3/c1-9-14-5-4-10(16-9)2-3-12(19)17-11-6-15-18(7-11)8-13(20)21/h4-7H,2-3,8H2,1H3,(H,17,19)(H,20,21). The van der Waals surface area contributed by atoms with Gasteiger partial charge in [0.05, 0.1) is 11.9 Å². The summed E-state index contributed by atoms with van der Waals surface area (Å²) < 4.78 is 1.24. The van der Waals surface area contributed by atoms with Crippen LogP contribution in [0.25, 0.3) is 0 Å². The summed E-state index contributed by atoms with van der Waals surface area (Å²) in [5.74, 6) is -0.501. The van der Waals surface area contributed by atoms with Gasteiger partial charge < -0.3 is 10.4 Å². The number of carboxylic acids is 1. The van der Waals surface area contributed by atoms with Crippen molar-refractivity contribution in [3.63, 3.8) is 0 Å². The average molecular weight is 289 g/mol. The summed E-state index contributed by atoms with van der Waals surface area (Å²) in [4.78, 5) is 30.5. The molecular weight excluding hydrogens is 274 g/mol. The second kappa shape index (κ2) is 6.60. The van der Waals surface area contributed by atoms with Crippen LogP contribution in [0.1, 0.15) is 17.9 Å². The summed E-state index contributed by atoms with van der Waals surface area (Å²) in [6.07, 6.45) is 5.33. The predicted octanol–water partition coefficient (Wildman–Crippen LogP) is 0.637. The van der Waals surface area contributed by atoms with Crippen molar-refractivity contribution in [1.29, 1.82) is 0 Å². The molecule has 2 heterocycles. The van der Waals surface area contributed by atoms with Crippen molar-refractivity contribution in [2.45, 2.75) is 26.3 Å². The van der Waals surface area contributed by atoms with Gasteiger partial charge in [0, 0.05) is 24.5 Å². The molecule has 0 fully saturated rings. The lowest BCUT2D eigenvalue weighted by atomic mass is 10.2. The largest absolute Gasteiger partial charge is 0.480 e. The molecule has 2 aromatic rings. The molecule has 0 aliphatic carbocycles. The third-order valence-electron chi connectivity index (χ3n) is 2.66. The van der Waals surface area contributed by atoms with Crippen molar-refractivity contribution in [3.05, 3.63) is 36.2 Å². The number of rotatable bonds is 6. The highest BCUT2D eigenvalue weighted by molar-refractivity contribution is 5.90. The monoisotopic (exact) mass is 289 g/mol. The van der Waals surface area contributed by atoms with Gasteiger partial charge in [0.2, 0.25) is 5.91 Å². The Labute approximate surface area is 120 Å². The van der Waals surface area contributed by atoms with Crippen molar-refractivity contribution >= 4 is 17.6 Å². The van der Waals surface area contributed by atoms with Crippen molar-refractivity contribution in [2.24, 2.45) is 0 Å². The maximum Gasteiger partial charge on any atom is 0.325 e. The SMILES string of the molecule is Cc1nccc(CCC(=O)Nc2cnn(CC(=O)O)c2)n1. The summed E-state index contributed by atoms with van der Waals surface area (Å²) >= 11 is 0. The summed E-state index contributed by atoms with van der Waals surface area (Å²) in [7, 11) is 0. The van der Waals surface area contributed by atoms with Crippen LogP contribution in [0, 0.1) is 6.92 Å². The molecule has 2 N–H and O–H groups in total. The van der Waals surface area contributed by atoms with E-state index in [1.54, 1.807) is 19.2 Å². The summed E-state index contributed by atoms with van der Waals surface area (Å²) in [6, 6.07) is 1.77. The zero-order valence-electron chi connectivity index (χ0n) is 11.5. The van der Waals surface area contributed by atoms with Crippen LogP contribution < -0.4 is 5.32 Å². The molecule has 110 valence electrons. The highest BCUT2D eigenvalue weighted by atomic mass is 16.4. The Morgan fingerprint density at radius 3 is 2.95 bits per heavy atom. The second-order valence-electron chi connectivity index (χ2n) is 4.46. The molecule has 0 bridgehead atoms. The fraction of sp³-hybridized carbons (Fsp3) is 0.308. The molecule has 2 rings (SSSR count). The first-order chi connectivity index (χ1) is 10.0. The molecule has 0 aromatic carbocycles. The van der Waals surface area contributed by atoms with E-state index in [4.69, 9.17) is 5.11 Å². The number of nitrogens with one attached hydrogen (secondary N) is 1. The minimum absolute atomic E-state index is 0.179. The molecule has 0 spiro atoms. The van der Waals surface area contributed by atoms with Crippen LogP contribution >= 0.6 is 0 Å². The first-order valence-corrected chi connectivity index (χ1v) is 6.35. The number of carboxylic acid groups (broad SMARTS) is 1. The van der Waals surface area contributed by atoms with Crippen LogP contribution in [-0.4, -0.2) is 36.7 Å². The van der Waals surface area contributed by atoms with Crippen molar-refractivity contribution in [2.75, 3.05) is 5.32 Å². The van der Waals surface area contributed by atoms with E-state index in [1.165, 1.54) is 17.1 Å². The number of nitrogens with zero attached hydrogens (tertiary/aromatic N) is 4. The molecule has 21 heavy (non-hydrogen) atoms. The molecule has 0 unspecified atom stereocenters. The molecule has 2 aromatic heterocycles. The van der Waals surface area contributed by atoms with Gasteiger partial charge in [-0.15, -0.1) is 0 Å². The lowest BCUT2D eigenvalue weighted by molar-refractivity contribution is -0.137. The highest BCUT2D eigenvalue weighted by Gasteiger charge is 2.07. The zero-order valence-corrected chi connectivity index (χ0v) is 11.5. The van der Waals surface area contributed by atoms with Crippen molar-refractivity contribution in [3.8, 4) is 0 Å². The molecule has 0 radical (unpaired) electrons. The van der Waals surface area contributed by atoms with E-state index in [-0.39, 0.29) is 18.9 Å². The molecule has 0 aliphatic rings. The average Bonchev–Trinajstić information content (AvgIpc) is 2.83. The van der Waals surface area contributed by atoms with Gasteiger partial charge in [-0.25, -0.2) is 9.97 Å². The van der Waals surface area contributed by atoms with E-state index >= 15 is 0 Å². The maximum absolute atomic E-state index is 11.8. The third kappa shape index (κ3) is 4.68. The van der Waals surface area contributed by atoms with Crippen LogP contribution in [0.3, 0.4) is 0 Å². The number of hydrogen-bond acceptors (Lipinski definition) is 5. The van der Waals surface area contributed by atoms with Crippen LogP contribution in [0.2, 0.25) is 0 Å². The Hall–Kier alpha value is -2.77. The van der Waals surface area contributed by atoms with Crippen molar-refractivity contribution in [1.82, 2.24) is 19.7 Å². The zero-order chi connectivity index (χ0) is 15.2. The van der Waals surface area contributed by atoms with Gasteiger partial charge in [-0.1, -0.05) is 0 Å². The van der Waals surface area contributed by atoms with Gasteiger partial charge >= 0.3 is 5.97 Å². The Bertz CT molecular complexity index is 653. The molecule has 0 saturated heterocycles. The van der Waals surface area contributed by atoms with E-state index in [0.717, 1.165) is 5.69 Å². The number of amides is 1. The minimum Gasteiger partial charge on any atom is -0.480 e. The van der Waals surface area contributed by atoms with E-state index in [0.29, 0.717) is 17.9 Å². The lowest BCUT2D eigenvalue weighted by Crippen LogP contribution is -2.13. The van der Waals surface area contributed by atoms with Gasteiger partial charge in [0.1, 0.15) is 12.4 Å². The normalized spacial score (nSPS) is 10.3. The van der Waals surface area contributed by atoms with Gasteiger partial charge in [0.25, 0.3) is 0 Å². The molecule has 8 heteroatoms. The van der Waals surface area contributed by atoms with E-state index in [9.17, 15) is 9.59 Å². The van der Waals surface area contributed by atoms with E-state index in [2.05, 4.69) is 20.4 Å². The number of aromatic nitrogens is 4. The summed E-state index contributed by atoms with van der Waals surface area (Å²) in [6.45, 7) is 1.55. The van der Waals surface area contributed by atoms with E-state index < -0.39 is 5.97 Å². The first-order valence-electron chi connectivity index (χ1n) is 6.35. The predicted molar refractivity (Wildman–Crippen MR) is 73.6 cm³/mol. The molecule has 1 amide bonds. The second-order valence-corrected chi connectivity index (χ2v) is 4.46. The van der Waals surface area contributed by atoms with Gasteiger partial charge in [-0.3, -0.25) is 14.3 Å². The van der Waals surface area contributed by atoms with Gasteiger partial charge in [-0.05, 0) is 19.4 Å². The fourth-order valence-electron chi connectivity index (χ4n) is 1.76. The Morgan fingerprint density at radius 2 is 2.24 bits per heavy atom. The van der Waals surface area contributed by atoms with Crippen molar-refractivity contribution < 1.29 is 14.7 Å². The van der Waals surface area contributed by atoms with Gasteiger partial charge in [0.15, 0.2) is 0 Å². The molecular formula is C13H15N5O3. The number of hydrogen-bond donors (Lipinski definition) is 2. The van der Waals surface area contributed by atoms with E-state index in [1.807, 2.05) is 0 Å².